The number of hydrogen-bond acceptors (Lipinski definition) is 4. The minimum Gasteiger partial charge on any atom is -0.371 e. The zero-order chi connectivity index (χ0) is 16.8. The molecule has 0 aromatic carbocycles. The molecule has 1 aromatic rings. The Morgan fingerprint density at radius 1 is 1.52 bits per heavy atom. The molecular weight excluding hydrogens is 294 g/mol. The number of likely N-dealkylation sites (N-methyl/N-ethyl adjacent to an activating group) is 2. The quantitative estimate of drug-likeness (QED) is 0.744. The van der Waals surface area contributed by atoms with Gasteiger partial charge in [0.2, 0.25) is 11.8 Å². The van der Waals surface area contributed by atoms with Crippen LogP contribution in [0.2, 0.25) is 0 Å². The number of aromatic nitrogens is 1. The molecule has 1 aliphatic rings. The highest BCUT2D eigenvalue weighted by Crippen LogP contribution is 2.31. The Labute approximate surface area is 136 Å². The van der Waals surface area contributed by atoms with E-state index >= 15 is 0 Å². The number of carbonyl (C=O) groups is 2. The summed E-state index contributed by atoms with van der Waals surface area (Å²) in [5.74, 6) is -0.341. The van der Waals surface area contributed by atoms with Crippen molar-refractivity contribution in [2.45, 2.75) is 25.5 Å². The molecule has 0 radical (unpaired) electrons. The number of hydrogen-bond donors (Lipinski definition) is 0. The lowest BCUT2D eigenvalue weighted by atomic mass is 10.0. The monoisotopic (exact) mass is 317 g/mol. The average Bonchev–Trinajstić information content (AvgIpc) is 3.08. The van der Waals surface area contributed by atoms with Crippen LogP contribution in [-0.4, -0.2) is 59.4 Å². The van der Waals surface area contributed by atoms with Gasteiger partial charge in [-0.1, -0.05) is 12.6 Å². The molecule has 0 aliphatic carbocycles. The standard InChI is InChI=1S/C17H23N3O3/c1-4-15(21)20(5-2)12-16(22)19(3)14-8-10-23-17(14)13-7-6-9-18-11-13/h4,6-7,9,11,14,17H,1,5,8,10,12H2,2-3H3/t14-,17+/m1/s1. The minimum atomic E-state index is -0.235. The molecule has 1 saturated heterocycles. The van der Waals surface area contributed by atoms with E-state index < -0.39 is 0 Å². The summed E-state index contributed by atoms with van der Waals surface area (Å²) in [6, 6.07) is 3.76. The van der Waals surface area contributed by atoms with Gasteiger partial charge in [-0.15, -0.1) is 0 Å². The second-order valence-electron chi connectivity index (χ2n) is 5.49. The highest BCUT2D eigenvalue weighted by Gasteiger charge is 2.35. The number of ether oxygens (including phenoxy) is 1. The third kappa shape index (κ3) is 3.96. The fourth-order valence-electron chi connectivity index (χ4n) is 2.77. The van der Waals surface area contributed by atoms with E-state index in [2.05, 4.69) is 11.6 Å². The van der Waals surface area contributed by atoms with Crippen molar-refractivity contribution >= 4 is 11.8 Å². The van der Waals surface area contributed by atoms with Crippen molar-refractivity contribution in [3.05, 3.63) is 42.7 Å². The lowest BCUT2D eigenvalue weighted by molar-refractivity contribution is -0.139. The maximum Gasteiger partial charge on any atom is 0.246 e. The van der Waals surface area contributed by atoms with Crippen LogP contribution in [0.5, 0.6) is 0 Å². The summed E-state index contributed by atoms with van der Waals surface area (Å²) < 4.78 is 5.79. The van der Waals surface area contributed by atoms with Gasteiger partial charge in [-0.05, 0) is 25.5 Å². The lowest BCUT2D eigenvalue weighted by Crippen LogP contribution is -2.45. The largest absolute Gasteiger partial charge is 0.371 e. The maximum absolute atomic E-state index is 12.5. The van der Waals surface area contributed by atoms with Crippen LogP contribution >= 0.6 is 0 Å². The summed E-state index contributed by atoms with van der Waals surface area (Å²) in [5, 5.41) is 0. The van der Waals surface area contributed by atoms with Gasteiger partial charge in [0.1, 0.15) is 6.10 Å². The summed E-state index contributed by atoms with van der Waals surface area (Å²) in [5.41, 5.74) is 0.962. The molecule has 0 spiro atoms. The molecule has 2 rings (SSSR count). The third-order valence-electron chi connectivity index (χ3n) is 4.16. The van der Waals surface area contributed by atoms with Crippen molar-refractivity contribution in [2.24, 2.45) is 0 Å². The van der Waals surface area contributed by atoms with Crippen LogP contribution in [0.15, 0.2) is 37.2 Å². The van der Waals surface area contributed by atoms with Crippen LogP contribution < -0.4 is 0 Å². The molecule has 0 N–H and O–H groups in total. The predicted octanol–water partition coefficient (Wildman–Crippen LogP) is 1.40. The average molecular weight is 317 g/mol. The van der Waals surface area contributed by atoms with Crippen molar-refractivity contribution in [1.29, 1.82) is 0 Å². The maximum atomic E-state index is 12.5. The van der Waals surface area contributed by atoms with Crippen LogP contribution in [0.25, 0.3) is 0 Å². The van der Waals surface area contributed by atoms with Crippen molar-refractivity contribution in [2.75, 3.05) is 26.7 Å². The van der Waals surface area contributed by atoms with Gasteiger partial charge >= 0.3 is 0 Å². The zero-order valence-electron chi connectivity index (χ0n) is 13.6. The Balaban J connectivity index is 2.06. The fraction of sp³-hybridized carbons (Fsp3) is 0.471. The van der Waals surface area contributed by atoms with Crippen molar-refractivity contribution < 1.29 is 14.3 Å². The lowest BCUT2D eigenvalue weighted by Gasteiger charge is -2.30. The van der Waals surface area contributed by atoms with Crippen molar-refractivity contribution in [3.63, 3.8) is 0 Å². The van der Waals surface area contributed by atoms with Gasteiger partial charge < -0.3 is 14.5 Å². The molecular formula is C17H23N3O3. The van der Waals surface area contributed by atoms with Crippen LogP contribution in [-0.2, 0) is 14.3 Å². The van der Waals surface area contributed by atoms with Gasteiger partial charge in [-0.25, -0.2) is 0 Å². The minimum absolute atomic E-state index is 0.0497. The van der Waals surface area contributed by atoms with Gasteiger partial charge in [0.15, 0.2) is 0 Å². The molecule has 1 aromatic heterocycles. The first-order valence-corrected chi connectivity index (χ1v) is 7.77. The molecule has 2 atom stereocenters. The summed E-state index contributed by atoms with van der Waals surface area (Å²) >= 11 is 0. The Kier molecular flexibility index (Phi) is 5.87. The van der Waals surface area contributed by atoms with Gasteiger partial charge in [0.25, 0.3) is 0 Å². The van der Waals surface area contributed by atoms with Crippen LogP contribution in [0.3, 0.4) is 0 Å². The number of pyridine rings is 1. The van der Waals surface area contributed by atoms with E-state index in [1.54, 1.807) is 24.3 Å². The van der Waals surface area contributed by atoms with Crippen LogP contribution in [0.1, 0.15) is 25.0 Å². The van der Waals surface area contributed by atoms with E-state index in [1.807, 2.05) is 19.1 Å². The number of amides is 2. The second kappa shape index (κ2) is 7.87. The van der Waals surface area contributed by atoms with E-state index in [-0.39, 0.29) is 30.5 Å². The van der Waals surface area contributed by atoms with E-state index in [9.17, 15) is 9.59 Å². The highest BCUT2D eigenvalue weighted by molar-refractivity contribution is 5.90. The first-order valence-electron chi connectivity index (χ1n) is 7.77. The number of nitrogens with zero attached hydrogens (tertiary/aromatic N) is 3. The van der Waals surface area contributed by atoms with E-state index in [0.29, 0.717) is 13.2 Å². The predicted molar refractivity (Wildman–Crippen MR) is 86.6 cm³/mol. The molecule has 2 amide bonds. The normalized spacial score (nSPS) is 20.1. The SMILES string of the molecule is C=CC(=O)N(CC)CC(=O)N(C)[C@@H]1CCO[C@H]1c1cccnc1. The van der Waals surface area contributed by atoms with E-state index in [1.165, 1.54) is 11.0 Å². The molecule has 1 aliphatic heterocycles. The molecule has 1 fully saturated rings. The second-order valence-corrected chi connectivity index (χ2v) is 5.49. The molecule has 0 saturated carbocycles. The Bertz CT molecular complexity index is 561. The Morgan fingerprint density at radius 3 is 2.91 bits per heavy atom. The Morgan fingerprint density at radius 2 is 2.30 bits per heavy atom. The zero-order valence-corrected chi connectivity index (χ0v) is 13.6. The fourth-order valence-corrected chi connectivity index (χ4v) is 2.77. The van der Waals surface area contributed by atoms with E-state index in [0.717, 1.165) is 12.0 Å². The summed E-state index contributed by atoms with van der Waals surface area (Å²) in [4.78, 5) is 31.5. The highest BCUT2D eigenvalue weighted by atomic mass is 16.5. The van der Waals surface area contributed by atoms with Gasteiger partial charge in [-0.2, -0.15) is 0 Å². The summed E-state index contributed by atoms with van der Waals surface area (Å²) in [7, 11) is 1.76. The molecule has 124 valence electrons. The first kappa shape index (κ1) is 17.1. The van der Waals surface area contributed by atoms with Crippen molar-refractivity contribution in [3.8, 4) is 0 Å². The molecule has 23 heavy (non-hydrogen) atoms. The topological polar surface area (TPSA) is 62.7 Å². The van der Waals surface area contributed by atoms with Crippen molar-refractivity contribution in [1.82, 2.24) is 14.8 Å². The number of carbonyl (C=O) groups excluding carboxylic acids is 2. The molecule has 0 unspecified atom stereocenters. The van der Waals surface area contributed by atoms with Gasteiger partial charge in [0.05, 0.1) is 12.6 Å². The summed E-state index contributed by atoms with van der Waals surface area (Å²) in [6.07, 6.45) is 5.29. The third-order valence-corrected chi connectivity index (χ3v) is 4.16. The molecule has 6 heteroatoms. The molecule has 6 nitrogen and oxygen atoms in total. The van der Waals surface area contributed by atoms with Crippen LogP contribution in [0, 0.1) is 0 Å². The summed E-state index contributed by atoms with van der Waals surface area (Å²) in [6.45, 7) is 6.43. The first-order chi connectivity index (χ1) is 11.1. The van der Waals surface area contributed by atoms with Crippen LogP contribution in [0.4, 0.5) is 0 Å². The Hall–Kier alpha value is -2.21. The molecule has 2 heterocycles. The smallest absolute Gasteiger partial charge is 0.246 e. The molecule has 0 bridgehead atoms. The van der Waals surface area contributed by atoms with Gasteiger partial charge in [0, 0.05) is 38.2 Å². The van der Waals surface area contributed by atoms with E-state index in [4.69, 9.17) is 4.74 Å². The number of rotatable bonds is 6. The van der Waals surface area contributed by atoms with Gasteiger partial charge in [-0.3, -0.25) is 14.6 Å².